The number of nitrogens with zero attached hydrogens (tertiary/aromatic N) is 1. The lowest BCUT2D eigenvalue weighted by molar-refractivity contribution is -0.517. The molecule has 2 saturated carbocycles. The van der Waals surface area contributed by atoms with Crippen LogP contribution in [-0.2, 0) is 4.79 Å². The second kappa shape index (κ2) is 7.83. The van der Waals surface area contributed by atoms with Crippen molar-refractivity contribution in [3.8, 4) is 0 Å². The van der Waals surface area contributed by atoms with Crippen LogP contribution in [0.25, 0.3) is 0 Å². The summed E-state index contributed by atoms with van der Waals surface area (Å²) in [5, 5.41) is -5.07. The predicted molar refractivity (Wildman–Crippen MR) is 80.5 cm³/mol. The molecule has 2 N–H and O–H groups in total. The highest BCUT2D eigenvalue weighted by Gasteiger charge is 3.25. The number of primary amides is 1. The van der Waals surface area contributed by atoms with E-state index in [9.17, 15) is 97.1 Å². The summed E-state index contributed by atoms with van der Waals surface area (Å²) in [6.07, 6.45) is -8.99. The standard InChI is InChI=1S/C16H2F26N2O/c17-2(1(43)45)6(19,20)5(44(42)16(40,41)7(2,21)22)3(8(5,23)24,9(25,26)15(37,38)39)4(18)10(27,28)12(31,32)14(35,36)13(33,34)11(4,29)30/h(H2,43,45). The van der Waals surface area contributed by atoms with Gasteiger partial charge in [-0.05, 0) is 0 Å². The number of amides is 1. The summed E-state index contributed by atoms with van der Waals surface area (Å²) >= 11 is 0. The molecule has 3 fully saturated rings. The van der Waals surface area contributed by atoms with Gasteiger partial charge in [0.1, 0.15) is 0 Å². The number of carbonyl (C=O) groups is 1. The summed E-state index contributed by atoms with van der Waals surface area (Å²) in [4.78, 5) is 11.1. The molecule has 0 aromatic heterocycles. The van der Waals surface area contributed by atoms with Crippen molar-refractivity contribution in [2.75, 3.05) is 0 Å². The Kier molecular flexibility index (Phi) is 6.45. The van der Waals surface area contributed by atoms with Crippen LogP contribution in [0.4, 0.5) is 114 Å². The highest BCUT2D eigenvalue weighted by Crippen LogP contribution is 2.94. The van der Waals surface area contributed by atoms with E-state index in [2.05, 4.69) is 5.73 Å². The van der Waals surface area contributed by atoms with Gasteiger partial charge in [0, 0.05) is 0 Å². The molecule has 0 aromatic carbocycles. The van der Waals surface area contributed by atoms with E-state index in [1.807, 2.05) is 0 Å². The SMILES string of the molecule is NC(=O)C1(F)C(F)(F)C(F)(F)N(F)C2(C1(F)F)C(F)(F)C2(C(F)(F)C(F)(F)F)C1(F)C(F)(F)C(F)(F)C(F)(F)C(F)(F)C1(F)F. The summed E-state index contributed by atoms with van der Waals surface area (Å²) in [6, 6.07) is -8.55. The first-order valence-corrected chi connectivity index (χ1v) is 10.1. The van der Waals surface area contributed by atoms with Crippen LogP contribution < -0.4 is 5.73 Å². The summed E-state index contributed by atoms with van der Waals surface area (Å²) in [5.74, 6) is -87.0. The Morgan fingerprint density at radius 1 is 0.489 bits per heavy atom. The van der Waals surface area contributed by atoms with Crippen molar-refractivity contribution < 1.29 is 119 Å². The first kappa shape index (κ1) is 37.1. The molecule has 2 aliphatic carbocycles. The Labute approximate surface area is 225 Å². The van der Waals surface area contributed by atoms with Crippen LogP contribution in [0.1, 0.15) is 0 Å². The third-order valence-corrected chi connectivity index (χ3v) is 7.77. The van der Waals surface area contributed by atoms with Crippen LogP contribution in [0.2, 0.25) is 0 Å². The van der Waals surface area contributed by atoms with Crippen molar-refractivity contribution in [1.82, 2.24) is 5.12 Å². The zero-order valence-electron chi connectivity index (χ0n) is 19.3. The van der Waals surface area contributed by atoms with Gasteiger partial charge in [0.05, 0.1) is 0 Å². The summed E-state index contributed by atoms with van der Waals surface area (Å²) in [6.45, 7) is 0. The number of alkyl halides is 25. The van der Waals surface area contributed by atoms with Crippen molar-refractivity contribution >= 4 is 5.91 Å². The minimum Gasteiger partial charge on any atom is -0.366 e. The Balaban J connectivity index is 2.89. The molecule has 3 rings (SSSR count). The Hall–Kier alpha value is -2.39. The smallest absolute Gasteiger partial charge is 0.366 e. The van der Waals surface area contributed by atoms with Crippen LogP contribution in [-0.4, -0.2) is 93.4 Å². The maximum absolute atomic E-state index is 15.8. The van der Waals surface area contributed by atoms with Crippen molar-refractivity contribution in [2.45, 2.75) is 82.4 Å². The van der Waals surface area contributed by atoms with Gasteiger partial charge >= 0.3 is 65.3 Å². The summed E-state index contributed by atoms with van der Waals surface area (Å²) < 4.78 is 373. The highest BCUT2D eigenvalue weighted by molar-refractivity contribution is 5.88. The molecular weight excluding hydrogens is 730 g/mol. The van der Waals surface area contributed by atoms with E-state index < -0.39 is 98.8 Å². The van der Waals surface area contributed by atoms with Gasteiger partial charge < -0.3 is 5.73 Å². The van der Waals surface area contributed by atoms with Gasteiger partial charge in [0.25, 0.3) is 17.5 Å². The fourth-order valence-electron chi connectivity index (χ4n) is 5.61. The van der Waals surface area contributed by atoms with E-state index in [1.165, 1.54) is 0 Å². The van der Waals surface area contributed by atoms with Crippen molar-refractivity contribution in [3.63, 3.8) is 0 Å². The zero-order valence-corrected chi connectivity index (χ0v) is 19.3. The van der Waals surface area contributed by atoms with E-state index in [4.69, 9.17) is 0 Å². The van der Waals surface area contributed by atoms with Gasteiger partial charge in [-0.1, -0.05) is 5.12 Å². The first-order valence-electron chi connectivity index (χ1n) is 10.1. The van der Waals surface area contributed by atoms with E-state index in [1.54, 1.807) is 0 Å². The number of hydrogen-bond acceptors (Lipinski definition) is 2. The van der Waals surface area contributed by atoms with Crippen molar-refractivity contribution in [1.29, 1.82) is 0 Å². The molecule has 3 nitrogen and oxygen atoms in total. The molecule has 1 saturated heterocycles. The Morgan fingerprint density at radius 3 is 1.09 bits per heavy atom. The van der Waals surface area contributed by atoms with Gasteiger partial charge in [-0.25, -0.2) is 17.6 Å². The number of halogens is 26. The third kappa shape index (κ3) is 2.63. The second-order valence-corrected chi connectivity index (χ2v) is 9.63. The number of piperidine rings is 1. The van der Waals surface area contributed by atoms with Crippen molar-refractivity contribution in [3.05, 3.63) is 0 Å². The quantitative estimate of drug-likeness (QED) is 0.199. The molecule has 264 valence electrons. The fraction of sp³-hybridized carbons (Fsp3) is 0.938. The lowest BCUT2D eigenvalue weighted by atomic mass is 9.59. The Bertz CT molecular complexity index is 1290. The average Bonchev–Trinajstić information content (AvgIpc) is 3.32. The number of carbonyl (C=O) groups excluding carboxylic acids is 1. The van der Waals surface area contributed by atoms with Crippen LogP contribution in [0.15, 0.2) is 0 Å². The first-order chi connectivity index (χ1) is 19.1. The molecular formula is C16H2F26N2O. The van der Waals surface area contributed by atoms with Crippen LogP contribution >= 0.6 is 0 Å². The molecule has 3 aliphatic rings. The van der Waals surface area contributed by atoms with Gasteiger partial charge in [0.15, 0.2) is 5.41 Å². The van der Waals surface area contributed by atoms with Crippen LogP contribution in [0.3, 0.4) is 0 Å². The molecule has 0 bridgehead atoms. The van der Waals surface area contributed by atoms with Gasteiger partial charge in [-0.15, -0.1) is 4.48 Å². The summed E-state index contributed by atoms with van der Waals surface area (Å²) in [7, 11) is 0. The molecule has 1 amide bonds. The second-order valence-electron chi connectivity index (χ2n) is 9.63. The molecule has 0 radical (unpaired) electrons. The molecule has 0 aromatic rings. The molecule has 45 heavy (non-hydrogen) atoms. The highest BCUT2D eigenvalue weighted by atomic mass is 19.4. The van der Waals surface area contributed by atoms with Gasteiger partial charge in [-0.2, -0.15) is 92.2 Å². The maximum Gasteiger partial charge on any atom is 0.454 e. The van der Waals surface area contributed by atoms with E-state index in [-0.39, 0.29) is 0 Å². The molecule has 1 spiro atoms. The third-order valence-electron chi connectivity index (χ3n) is 7.77. The van der Waals surface area contributed by atoms with E-state index in [0.717, 1.165) is 0 Å². The molecule has 3 atom stereocenters. The van der Waals surface area contributed by atoms with E-state index in [0.29, 0.717) is 0 Å². The topological polar surface area (TPSA) is 46.3 Å². The normalized spacial score (nSPS) is 39.7. The maximum atomic E-state index is 15.8. The minimum absolute atomic E-state index is 3.55. The van der Waals surface area contributed by atoms with E-state index >= 15 is 22.0 Å². The van der Waals surface area contributed by atoms with Crippen LogP contribution in [0, 0.1) is 5.41 Å². The molecule has 1 heterocycles. The van der Waals surface area contributed by atoms with Crippen LogP contribution in [0.5, 0.6) is 0 Å². The zero-order chi connectivity index (χ0) is 36.7. The number of nitrogens with two attached hydrogens (primary N) is 1. The van der Waals surface area contributed by atoms with Gasteiger partial charge in [-0.3, -0.25) is 4.79 Å². The van der Waals surface area contributed by atoms with Crippen molar-refractivity contribution in [2.24, 2.45) is 11.1 Å². The fourth-order valence-corrected chi connectivity index (χ4v) is 5.61. The lowest BCUT2D eigenvalue weighted by Crippen LogP contribution is -2.90. The largest absolute Gasteiger partial charge is 0.454 e. The molecule has 29 heteroatoms. The predicted octanol–water partition coefficient (Wildman–Crippen LogP) is 6.71. The Morgan fingerprint density at radius 2 is 0.800 bits per heavy atom. The minimum atomic E-state index is -10.0. The average molecular weight is 732 g/mol. The summed E-state index contributed by atoms with van der Waals surface area (Å²) in [5.41, 5.74) is -33.5. The van der Waals surface area contributed by atoms with Gasteiger partial charge in [0.2, 0.25) is 5.54 Å². The lowest BCUT2D eigenvalue weighted by Gasteiger charge is -2.58. The monoisotopic (exact) mass is 732 g/mol. The molecule has 1 aliphatic heterocycles. The number of hydrogen-bond donors (Lipinski definition) is 1. The molecule has 3 unspecified atom stereocenters. The number of rotatable bonds is 3.